The van der Waals surface area contributed by atoms with Gasteiger partial charge in [-0.1, -0.05) is 0 Å². The van der Waals surface area contributed by atoms with Crippen molar-refractivity contribution in [1.29, 1.82) is 0 Å². The zero-order chi connectivity index (χ0) is 15.4. The van der Waals surface area contributed by atoms with Crippen LogP contribution in [0.2, 0.25) is 0 Å². The molecule has 0 aliphatic carbocycles. The van der Waals surface area contributed by atoms with Crippen LogP contribution in [0.25, 0.3) is 0 Å². The van der Waals surface area contributed by atoms with E-state index in [1.165, 1.54) is 18.7 Å². The Hall–Kier alpha value is -0.860. The molecule has 0 amide bonds. The standard InChI is InChI=1S/C12H18F3N3OS/c1-11(2,3)20(19)18-10(12(13,14)15)5-4-9-6-16-8-17-7-9/h6-8,10,18H,4-5H2,1-3H3/t10-,20-/m1/s1. The first-order valence-corrected chi connectivity index (χ1v) is 7.24. The summed E-state index contributed by atoms with van der Waals surface area (Å²) in [6.45, 7) is 4.86. The normalized spacial score (nSPS) is 15.9. The summed E-state index contributed by atoms with van der Waals surface area (Å²) in [4.78, 5) is 7.50. The quantitative estimate of drug-likeness (QED) is 0.848. The molecule has 4 nitrogen and oxygen atoms in total. The van der Waals surface area contributed by atoms with Crippen molar-refractivity contribution in [1.82, 2.24) is 14.7 Å². The van der Waals surface area contributed by atoms with E-state index in [1.54, 1.807) is 20.8 Å². The summed E-state index contributed by atoms with van der Waals surface area (Å²) in [7, 11) is 0. The lowest BCUT2D eigenvalue weighted by Crippen LogP contribution is -2.50. The zero-order valence-corrected chi connectivity index (χ0v) is 12.4. The van der Waals surface area contributed by atoms with Crippen LogP contribution < -0.4 is 4.72 Å². The molecule has 1 aromatic rings. The molecule has 20 heavy (non-hydrogen) atoms. The second-order valence-corrected chi connectivity index (χ2v) is 7.38. The van der Waals surface area contributed by atoms with Gasteiger partial charge in [-0.05, 0) is 39.2 Å². The van der Waals surface area contributed by atoms with Gasteiger partial charge >= 0.3 is 6.18 Å². The number of nitrogens with zero attached hydrogens (tertiary/aromatic N) is 2. The Labute approximate surface area is 119 Å². The minimum absolute atomic E-state index is 0.166. The van der Waals surface area contributed by atoms with E-state index in [9.17, 15) is 17.7 Å². The van der Waals surface area contributed by atoms with Crippen LogP contribution in [0, 0.1) is 0 Å². The lowest BCUT2D eigenvalue weighted by atomic mass is 10.1. The van der Waals surface area contributed by atoms with E-state index in [0.29, 0.717) is 5.56 Å². The van der Waals surface area contributed by atoms with Crippen LogP contribution in [0.1, 0.15) is 32.8 Å². The molecule has 1 heterocycles. The van der Waals surface area contributed by atoms with Crippen molar-refractivity contribution in [2.75, 3.05) is 0 Å². The smallest absolute Gasteiger partial charge is 0.408 e. The number of rotatable bonds is 5. The van der Waals surface area contributed by atoms with Crippen LogP contribution in [0.3, 0.4) is 0 Å². The van der Waals surface area contributed by atoms with Gasteiger partial charge in [-0.2, -0.15) is 13.2 Å². The van der Waals surface area contributed by atoms with E-state index in [0.717, 1.165) is 0 Å². The van der Waals surface area contributed by atoms with Crippen molar-refractivity contribution >= 4 is 11.4 Å². The number of hydrogen-bond donors (Lipinski definition) is 1. The fourth-order valence-electron chi connectivity index (χ4n) is 1.37. The predicted molar refractivity (Wildman–Crippen MR) is 71.2 cm³/mol. The first kappa shape index (κ1) is 17.2. The summed E-state index contributed by atoms with van der Waals surface area (Å²) in [5.74, 6) is 0. The van der Waals surface area contributed by atoms with Crippen LogP contribution >= 0.6 is 0 Å². The topological polar surface area (TPSA) is 60.9 Å². The first-order valence-electron chi connectivity index (χ1n) is 6.09. The second-order valence-electron chi connectivity index (χ2n) is 5.38. The van der Waals surface area contributed by atoms with Gasteiger partial charge in [0.1, 0.15) is 17.1 Å². The van der Waals surface area contributed by atoms with Crippen molar-refractivity contribution in [3.8, 4) is 0 Å². The molecule has 1 aromatic heterocycles. The number of alkyl halides is 3. The molecule has 0 saturated heterocycles. The Morgan fingerprint density at radius 2 is 1.80 bits per heavy atom. The first-order chi connectivity index (χ1) is 9.10. The van der Waals surface area contributed by atoms with Crippen LogP contribution in [-0.4, -0.2) is 31.5 Å². The van der Waals surface area contributed by atoms with Gasteiger partial charge in [-0.25, -0.2) is 9.97 Å². The molecular weight excluding hydrogens is 291 g/mol. The maximum atomic E-state index is 12.9. The molecule has 8 heteroatoms. The molecule has 1 rings (SSSR count). The average Bonchev–Trinajstić information content (AvgIpc) is 2.32. The molecule has 0 aromatic carbocycles. The fraction of sp³-hybridized carbons (Fsp3) is 0.667. The largest absolute Gasteiger partial charge is 0.598 e. The van der Waals surface area contributed by atoms with Gasteiger partial charge in [0.2, 0.25) is 0 Å². The number of nitrogens with one attached hydrogen (secondary N) is 1. The van der Waals surface area contributed by atoms with Crippen LogP contribution in [-0.2, 0) is 17.8 Å². The fourth-order valence-corrected chi connectivity index (χ4v) is 2.23. The molecule has 0 radical (unpaired) electrons. The predicted octanol–water partition coefficient (Wildman–Crippen LogP) is 2.39. The van der Waals surface area contributed by atoms with Crippen molar-refractivity contribution < 1.29 is 17.7 Å². The van der Waals surface area contributed by atoms with E-state index in [4.69, 9.17) is 0 Å². The number of aryl methyl sites for hydroxylation is 1. The van der Waals surface area contributed by atoms with Gasteiger partial charge in [0.15, 0.2) is 0 Å². The van der Waals surface area contributed by atoms with E-state index in [-0.39, 0.29) is 12.8 Å². The van der Waals surface area contributed by atoms with Crippen LogP contribution in [0.5, 0.6) is 0 Å². The molecule has 0 saturated carbocycles. The van der Waals surface area contributed by atoms with Gasteiger partial charge in [-0.15, -0.1) is 4.72 Å². The monoisotopic (exact) mass is 309 g/mol. The Morgan fingerprint density at radius 1 is 1.25 bits per heavy atom. The van der Waals surface area contributed by atoms with Gasteiger partial charge in [-0.3, -0.25) is 0 Å². The summed E-state index contributed by atoms with van der Waals surface area (Å²) in [5.41, 5.74) is 0.616. The highest BCUT2D eigenvalue weighted by Gasteiger charge is 2.44. The number of halogens is 3. The molecular formula is C12H18F3N3OS. The summed E-state index contributed by atoms with van der Waals surface area (Å²) >= 11 is -1.77. The average molecular weight is 309 g/mol. The lowest BCUT2D eigenvalue weighted by Gasteiger charge is -2.29. The molecule has 2 atom stereocenters. The molecule has 114 valence electrons. The van der Waals surface area contributed by atoms with Crippen molar-refractivity contribution in [2.45, 2.75) is 50.6 Å². The number of hydrogen-bond acceptors (Lipinski definition) is 4. The molecule has 0 bridgehead atoms. The lowest BCUT2D eigenvalue weighted by molar-refractivity contribution is -0.152. The molecule has 0 spiro atoms. The Balaban J connectivity index is 2.67. The third kappa shape index (κ3) is 5.64. The van der Waals surface area contributed by atoms with Crippen molar-refractivity contribution in [3.05, 3.63) is 24.3 Å². The molecule has 1 N–H and O–H groups in total. The number of aromatic nitrogens is 2. The Morgan fingerprint density at radius 3 is 2.25 bits per heavy atom. The van der Waals surface area contributed by atoms with Crippen LogP contribution in [0.4, 0.5) is 13.2 Å². The molecule has 0 aliphatic heterocycles. The molecule has 0 aliphatic rings. The Kier molecular flexibility index (Phi) is 5.79. The third-order valence-electron chi connectivity index (χ3n) is 2.54. The maximum absolute atomic E-state index is 12.9. The summed E-state index contributed by atoms with van der Waals surface area (Å²) in [6, 6.07) is -1.82. The highest BCUT2D eigenvalue weighted by molar-refractivity contribution is 7.90. The van der Waals surface area contributed by atoms with Crippen molar-refractivity contribution in [3.63, 3.8) is 0 Å². The van der Waals surface area contributed by atoms with Gasteiger partial charge in [0, 0.05) is 23.8 Å². The third-order valence-corrected chi connectivity index (χ3v) is 4.15. The Bertz CT molecular complexity index is 409. The minimum atomic E-state index is -4.45. The van der Waals surface area contributed by atoms with E-state index in [2.05, 4.69) is 14.7 Å². The van der Waals surface area contributed by atoms with Gasteiger partial charge in [0.25, 0.3) is 0 Å². The van der Waals surface area contributed by atoms with E-state index >= 15 is 0 Å². The van der Waals surface area contributed by atoms with E-state index < -0.39 is 28.3 Å². The van der Waals surface area contributed by atoms with Gasteiger partial charge < -0.3 is 4.55 Å². The summed E-state index contributed by atoms with van der Waals surface area (Å²) in [5, 5.41) is 0. The highest BCUT2D eigenvalue weighted by Crippen LogP contribution is 2.26. The maximum Gasteiger partial charge on any atom is 0.408 e. The van der Waals surface area contributed by atoms with Crippen LogP contribution in [0.15, 0.2) is 18.7 Å². The molecule has 0 fully saturated rings. The zero-order valence-electron chi connectivity index (χ0n) is 11.6. The molecule has 0 unspecified atom stereocenters. The SMILES string of the molecule is CC(C)(C)[S@@+]([O-])N[C@H](CCc1cncnc1)C(F)(F)F. The summed E-state index contributed by atoms with van der Waals surface area (Å²) in [6.07, 6.45) is -0.228. The highest BCUT2D eigenvalue weighted by atomic mass is 32.2. The van der Waals surface area contributed by atoms with E-state index in [1.807, 2.05) is 0 Å². The summed E-state index contributed by atoms with van der Waals surface area (Å²) < 4.78 is 52.1. The minimum Gasteiger partial charge on any atom is -0.598 e. The second kappa shape index (κ2) is 6.73. The van der Waals surface area contributed by atoms with Crippen molar-refractivity contribution in [2.24, 2.45) is 0 Å². The van der Waals surface area contributed by atoms with Gasteiger partial charge in [0.05, 0.1) is 0 Å².